The molecular formula is C18H30N2O3. The molecule has 1 amide bonds. The maximum atomic E-state index is 12.5. The van der Waals surface area contributed by atoms with Gasteiger partial charge in [0, 0.05) is 12.2 Å². The minimum atomic E-state index is -0.812. The summed E-state index contributed by atoms with van der Waals surface area (Å²) in [5.41, 5.74) is 0.762. The number of rotatable bonds is 10. The first-order chi connectivity index (χ1) is 11.0. The van der Waals surface area contributed by atoms with E-state index in [1.54, 1.807) is 6.20 Å². The Morgan fingerprint density at radius 3 is 2.61 bits per heavy atom. The molecule has 0 aromatic carbocycles. The summed E-state index contributed by atoms with van der Waals surface area (Å²) in [6.07, 6.45) is 5.27. The summed E-state index contributed by atoms with van der Waals surface area (Å²) in [4.78, 5) is 16.8. The number of aromatic nitrogens is 1. The highest BCUT2D eigenvalue weighted by Gasteiger charge is 2.33. The first kappa shape index (κ1) is 19.4. The number of pyridine rings is 1. The second kappa shape index (κ2) is 9.50. The number of aryl methyl sites for hydroxylation is 1. The lowest BCUT2D eigenvalue weighted by atomic mass is 9.99. The van der Waals surface area contributed by atoms with Gasteiger partial charge in [-0.3, -0.25) is 4.79 Å². The fourth-order valence-corrected chi connectivity index (χ4v) is 2.41. The standard InChI is InChI=1S/C18H30N2O3/c1-6-9-11-22-16-14(4)12-15(13-19-16)20-17(21)18(5,10-7-2)23-8-3/h12-13H,6-11H2,1-5H3,(H,20,21). The van der Waals surface area contributed by atoms with Gasteiger partial charge in [-0.1, -0.05) is 26.7 Å². The summed E-state index contributed by atoms with van der Waals surface area (Å²) in [5.74, 6) is 0.486. The van der Waals surface area contributed by atoms with Gasteiger partial charge < -0.3 is 14.8 Å². The molecule has 1 aromatic heterocycles. The second-order valence-electron chi connectivity index (χ2n) is 5.92. The first-order valence-electron chi connectivity index (χ1n) is 8.51. The van der Waals surface area contributed by atoms with Crippen LogP contribution in [0.5, 0.6) is 5.88 Å². The highest BCUT2D eigenvalue weighted by atomic mass is 16.5. The van der Waals surface area contributed by atoms with Crippen LogP contribution >= 0.6 is 0 Å². The van der Waals surface area contributed by atoms with Crippen LogP contribution in [0.1, 0.15) is 58.9 Å². The van der Waals surface area contributed by atoms with Crippen LogP contribution < -0.4 is 10.1 Å². The summed E-state index contributed by atoms with van der Waals surface area (Å²) >= 11 is 0. The first-order valence-corrected chi connectivity index (χ1v) is 8.51. The van der Waals surface area contributed by atoms with E-state index in [1.807, 2.05) is 33.8 Å². The van der Waals surface area contributed by atoms with E-state index >= 15 is 0 Å². The van der Waals surface area contributed by atoms with E-state index in [2.05, 4.69) is 17.2 Å². The quantitative estimate of drug-likeness (QED) is 0.659. The number of nitrogens with one attached hydrogen (secondary N) is 1. The van der Waals surface area contributed by atoms with Crippen LogP contribution in [0, 0.1) is 6.92 Å². The van der Waals surface area contributed by atoms with Gasteiger partial charge in [-0.05, 0) is 39.7 Å². The summed E-state index contributed by atoms with van der Waals surface area (Å²) in [6.45, 7) is 11.0. The average molecular weight is 322 g/mol. The van der Waals surface area contributed by atoms with E-state index < -0.39 is 5.60 Å². The molecule has 0 fully saturated rings. The molecule has 0 aliphatic rings. The van der Waals surface area contributed by atoms with Crippen LogP contribution in [-0.2, 0) is 9.53 Å². The Labute approximate surface area is 139 Å². The van der Waals surface area contributed by atoms with Crippen LogP contribution in [0.2, 0.25) is 0 Å². The van der Waals surface area contributed by atoms with Crippen molar-refractivity contribution in [3.8, 4) is 5.88 Å². The SMILES string of the molecule is CCCCOc1ncc(NC(=O)C(C)(CCC)OCC)cc1C. The molecule has 23 heavy (non-hydrogen) atoms. The molecule has 1 atom stereocenters. The van der Waals surface area contributed by atoms with Crippen molar-refractivity contribution >= 4 is 11.6 Å². The van der Waals surface area contributed by atoms with Crippen molar-refractivity contribution in [3.63, 3.8) is 0 Å². The third-order valence-corrected chi connectivity index (χ3v) is 3.70. The Balaban J connectivity index is 2.76. The molecule has 0 bridgehead atoms. The van der Waals surface area contributed by atoms with Gasteiger partial charge in [-0.2, -0.15) is 0 Å². The van der Waals surface area contributed by atoms with Gasteiger partial charge in [0.25, 0.3) is 5.91 Å². The van der Waals surface area contributed by atoms with Crippen LogP contribution in [0.4, 0.5) is 5.69 Å². The van der Waals surface area contributed by atoms with Crippen molar-refractivity contribution in [2.24, 2.45) is 0 Å². The fourth-order valence-electron chi connectivity index (χ4n) is 2.41. The van der Waals surface area contributed by atoms with Crippen molar-refractivity contribution in [2.75, 3.05) is 18.5 Å². The van der Waals surface area contributed by atoms with Crippen molar-refractivity contribution in [1.82, 2.24) is 4.98 Å². The molecule has 0 spiro atoms. The van der Waals surface area contributed by atoms with E-state index in [-0.39, 0.29) is 5.91 Å². The Bertz CT molecular complexity index is 497. The Morgan fingerprint density at radius 2 is 2.04 bits per heavy atom. The molecule has 1 N–H and O–H groups in total. The van der Waals surface area contributed by atoms with Crippen molar-refractivity contribution in [2.45, 2.75) is 65.9 Å². The summed E-state index contributed by atoms with van der Waals surface area (Å²) < 4.78 is 11.3. The number of carbonyl (C=O) groups excluding carboxylic acids is 1. The number of unbranched alkanes of at least 4 members (excludes halogenated alkanes) is 1. The molecule has 130 valence electrons. The molecule has 5 nitrogen and oxygen atoms in total. The van der Waals surface area contributed by atoms with Crippen molar-refractivity contribution in [1.29, 1.82) is 0 Å². The van der Waals surface area contributed by atoms with Gasteiger partial charge in [-0.15, -0.1) is 0 Å². The Kier molecular flexibility index (Phi) is 8.03. The number of anilines is 1. The van der Waals surface area contributed by atoms with Crippen molar-refractivity contribution < 1.29 is 14.3 Å². The van der Waals surface area contributed by atoms with Gasteiger partial charge in [0.05, 0.1) is 18.5 Å². The van der Waals surface area contributed by atoms with Crippen LogP contribution in [0.3, 0.4) is 0 Å². The molecule has 1 aromatic rings. The zero-order valence-corrected chi connectivity index (χ0v) is 15.1. The fraction of sp³-hybridized carbons (Fsp3) is 0.667. The largest absolute Gasteiger partial charge is 0.477 e. The third kappa shape index (κ3) is 5.82. The lowest BCUT2D eigenvalue weighted by molar-refractivity contribution is -0.139. The smallest absolute Gasteiger partial charge is 0.256 e. The Morgan fingerprint density at radius 1 is 1.30 bits per heavy atom. The van der Waals surface area contributed by atoms with Crippen LogP contribution in [0.15, 0.2) is 12.3 Å². The molecule has 0 saturated carbocycles. The molecule has 5 heteroatoms. The maximum Gasteiger partial charge on any atom is 0.256 e. The molecule has 0 aliphatic carbocycles. The molecule has 1 unspecified atom stereocenters. The maximum absolute atomic E-state index is 12.5. The lowest BCUT2D eigenvalue weighted by Gasteiger charge is -2.27. The normalized spacial score (nSPS) is 13.4. The molecule has 1 rings (SSSR count). The lowest BCUT2D eigenvalue weighted by Crippen LogP contribution is -2.42. The monoisotopic (exact) mass is 322 g/mol. The van der Waals surface area contributed by atoms with Crippen LogP contribution in [-0.4, -0.2) is 29.7 Å². The minimum absolute atomic E-state index is 0.137. The highest BCUT2D eigenvalue weighted by molar-refractivity contribution is 5.97. The molecular weight excluding hydrogens is 292 g/mol. The van der Waals surface area contributed by atoms with E-state index in [0.717, 1.165) is 24.8 Å². The number of carbonyl (C=O) groups is 1. The summed E-state index contributed by atoms with van der Waals surface area (Å²) in [6, 6.07) is 1.88. The van der Waals surface area contributed by atoms with Gasteiger partial charge in [0.15, 0.2) is 0 Å². The number of hydrogen-bond acceptors (Lipinski definition) is 4. The van der Waals surface area contributed by atoms with E-state index in [0.29, 0.717) is 31.2 Å². The Hall–Kier alpha value is -1.62. The van der Waals surface area contributed by atoms with E-state index in [4.69, 9.17) is 9.47 Å². The second-order valence-corrected chi connectivity index (χ2v) is 5.92. The van der Waals surface area contributed by atoms with Gasteiger partial charge in [0.1, 0.15) is 5.60 Å². The summed E-state index contributed by atoms with van der Waals surface area (Å²) in [5, 5.41) is 2.91. The third-order valence-electron chi connectivity index (χ3n) is 3.70. The minimum Gasteiger partial charge on any atom is -0.477 e. The number of amides is 1. The zero-order chi connectivity index (χ0) is 17.3. The molecule has 0 aliphatic heterocycles. The number of nitrogens with zero attached hydrogens (tertiary/aromatic N) is 1. The molecule has 0 saturated heterocycles. The number of hydrogen-bond donors (Lipinski definition) is 1. The highest BCUT2D eigenvalue weighted by Crippen LogP contribution is 2.23. The van der Waals surface area contributed by atoms with Crippen molar-refractivity contribution in [3.05, 3.63) is 17.8 Å². The van der Waals surface area contributed by atoms with E-state index in [1.165, 1.54) is 0 Å². The topological polar surface area (TPSA) is 60.5 Å². The summed E-state index contributed by atoms with van der Waals surface area (Å²) in [7, 11) is 0. The van der Waals surface area contributed by atoms with E-state index in [9.17, 15) is 4.79 Å². The zero-order valence-electron chi connectivity index (χ0n) is 15.1. The molecule has 1 heterocycles. The van der Waals surface area contributed by atoms with Gasteiger partial charge in [0.2, 0.25) is 5.88 Å². The van der Waals surface area contributed by atoms with Crippen LogP contribution in [0.25, 0.3) is 0 Å². The number of ether oxygens (including phenoxy) is 2. The van der Waals surface area contributed by atoms with Gasteiger partial charge >= 0.3 is 0 Å². The predicted octanol–water partition coefficient (Wildman–Crippen LogP) is 4.10. The molecule has 0 radical (unpaired) electrons. The predicted molar refractivity (Wildman–Crippen MR) is 92.9 cm³/mol. The van der Waals surface area contributed by atoms with Gasteiger partial charge in [-0.25, -0.2) is 4.98 Å². The average Bonchev–Trinajstić information content (AvgIpc) is 2.50.